The van der Waals surface area contributed by atoms with Gasteiger partial charge in [-0.25, -0.2) is 9.97 Å². The lowest BCUT2D eigenvalue weighted by atomic mass is 10.2. The number of thioether (sulfide) groups is 1. The van der Waals surface area contributed by atoms with Crippen LogP contribution in [0.25, 0.3) is 11.3 Å². The molecule has 0 spiro atoms. The molecule has 0 amide bonds. The normalized spacial score (nSPS) is 15.8. The maximum Gasteiger partial charge on any atom is 0.153 e. The second-order valence-electron chi connectivity index (χ2n) is 5.45. The minimum Gasteiger partial charge on any atom is -0.392 e. The van der Waals surface area contributed by atoms with Crippen molar-refractivity contribution in [3.8, 4) is 11.3 Å². The number of anilines is 2. The first-order valence-corrected chi connectivity index (χ1v) is 8.38. The van der Waals surface area contributed by atoms with Crippen molar-refractivity contribution in [2.45, 2.75) is 24.1 Å². The maximum absolute atomic E-state index is 9.21. The molecule has 1 aliphatic heterocycles. The van der Waals surface area contributed by atoms with Crippen LogP contribution >= 0.6 is 11.8 Å². The van der Waals surface area contributed by atoms with Crippen molar-refractivity contribution in [1.29, 1.82) is 0 Å². The largest absolute Gasteiger partial charge is 0.392 e. The first kappa shape index (κ1) is 15.0. The quantitative estimate of drug-likeness (QED) is 0.579. The summed E-state index contributed by atoms with van der Waals surface area (Å²) in [5, 5.41) is 23.8. The van der Waals surface area contributed by atoms with Gasteiger partial charge in [-0.1, -0.05) is 11.8 Å². The van der Waals surface area contributed by atoms with E-state index in [1.165, 1.54) is 0 Å². The van der Waals surface area contributed by atoms with E-state index < -0.39 is 0 Å². The fraction of sp³-hybridized carbons (Fsp3) is 0.188. The zero-order valence-electron chi connectivity index (χ0n) is 12.9. The number of pyridine rings is 2. The number of nitrogens with one attached hydrogen (secondary N) is 3. The summed E-state index contributed by atoms with van der Waals surface area (Å²) in [7, 11) is 0. The number of hydrogen-bond acceptors (Lipinski definition) is 7. The molecule has 122 valence electrons. The molecule has 4 heterocycles. The molecule has 0 fully saturated rings. The monoisotopic (exact) mass is 340 g/mol. The highest BCUT2D eigenvalue weighted by Gasteiger charge is 2.23. The van der Waals surface area contributed by atoms with E-state index in [2.05, 4.69) is 25.8 Å². The Bertz CT molecular complexity index is 881. The number of nitrogens with zero attached hydrogens (tertiary/aromatic N) is 3. The van der Waals surface area contributed by atoms with E-state index in [1.807, 2.05) is 25.1 Å². The van der Waals surface area contributed by atoms with Crippen LogP contribution in [0, 0.1) is 6.92 Å². The van der Waals surface area contributed by atoms with E-state index in [0.717, 1.165) is 33.2 Å². The standard InChI is InChI=1S/C16H16N6OS/c1-9-11(7-18-22-9)12-2-3-13-15(19-12)24-16(20-13)21-14-6-10(8-23)4-5-17-14/h2-7,16,20,23H,8H2,1H3,(H,17,21)(H,18,22). The van der Waals surface area contributed by atoms with Crippen molar-refractivity contribution in [1.82, 2.24) is 20.2 Å². The molecule has 4 N–H and O–H groups in total. The molecule has 3 aromatic heterocycles. The van der Waals surface area contributed by atoms with Crippen LogP contribution in [0.15, 0.2) is 41.7 Å². The smallest absolute Gasteiger partial charge is 0.153 e. The number of aromatic amines is 1. The third-order valence-electron chi connectivity index (χ3n) is 3.77. The first-order valence-electron chi connectivity index (χ1n) is 7.50. The Morgan fingerprint density at radius 3 is 3.04 bits per heavy atom. The van der Waals surface area contributed by atoms with E-state index >= 15 is 0 Å². The third kappa shape index (κ3) is 2.81. The molecule has 1 atom stereocenters. The number of aliphatic hydroxyl groups excluding tert-OH is 1. The summed E-state index contributed by atoms with van der Waals surface area (Å²) in [5.74, 6) is 0.713. The zero-order valence-corrected chi connectivity index (χ0v) is 13.8. The molecule has 24 heavy (non-hydrogen) atoms. The molecule has 0 saturated carbocycles. The molecule has 3 aromatic rings. The van der Waals surface area contributed by atoms with Gasteiger partial charge in [0.05, 0.1) is 24.2 Å². The molecule has 1 aliphatic rings. The average molecular weight is 340 g/mol. The summed E-state index contributed by atoms with van der Waals surface area (Å²) < 4.78 is 0. The molecule has 8 heteroatoms. The van der Waals surface area contributed by atoms with Gasteiger partial charge < -0.3 is 15.7 Å². The number of rotatable bonds is 4. The summed E-state index contributed by atoms with van der Waals surface area (Å²) in [5.41, 5.74) is 4.65. The summed E-state index contributed by atoms with van der Waals surface area (Å²) in [6, 6.07) is 7.63. The topological polar surface area (TPSA) is 98.8 Å². The number of aromatic nitrogens is 4. The van der Waals surface area contributed by atoms with Crippen LogP contribution in [0.5, 0.6) is 0 Å². The lowest BCUT2D eigenvalue weighted by Gasteiger charge is -2.13. The second kappa shape index (κ2) is 6.14. The second-order valence-corrected chi connectivity index (χ2v) is 6.55. The van der Waals surface area contributed by atoms with E-state index in [0.29, 0.717) is 5.82 Å². The third-order valence-corrected chi connectivity index (χ3v) is 4.77. The highest BCUT2D eigenvalue weighted by molar-refractivity contribution is 8.00. The van der Waals surface area contributed by atoms with E-state index in [-0.39, 0.29) is 12.1 Å². The fourth-order valence-corrected chi connectivity index (χ4v) is 3.53. The van der Waals surface area contributed by atoms with Crippen molar-refractivity contribution in [2.75, 3.05) is 10.6 Å². The van der Waals surface area contributed by atoms with Crippen LogP contribution in [-0.2, 0) is 6.61 Å². The van der Waals surface area contributed by atoms with Gasteiger partial charge in [0, 0.05) is 17.5 Å². The van der Waals surface area contributed by atoms with Gasteiger partial charge in [0.2, 0.25) is 0 Å². The van der Waals surface area contributed by atoms with Crippen molar-refractivity contribution < 1.29 is 5.11 Å². The molecule has 0 bridgehead atoms. The Morgan fingerprint density at radius 1 is 1.33 bits per heavy atom. The maximum atomic E-state index is 9.21. The number of hydrogen-bond donors (Lipinski definition) is 4. The van der Waals surface area contributed by atoms with Gasteiger partial charge in [-0.15, -0.1) is 0 Å². The van der Waals surface area contributed by atoms with Crippen LogP contribution < -0.4 is 10.6 Å². The van der Waals surface area contributed by atoms with Crippen molar-refractivity contribution in [2.24, 2.45) is 0 Å². The predicted octanol–water partition coefficient (Wildman–Crippen LogP) is 2.58. The summed E-state index contributed by atoms with van der Waals surface area (Å²) >= 11 is 1.60. The Labute approximate surface area is 142 Å². The summed E-state index contributed by atoms with van der Waals surface area (Å²) in [4.78, 5) is 9.00. The van der Waals surface area contributed by atoms with Crippen LogP contribution in [0.1, 0.15) is 11.3 Å². The van der Waals surface area contributed by atoms with Crippen LogP contribution in [0.3, 0.4) is 0 Å². The number of fused-ring (bicyclic) bond motifs is 1. The minimum atomic E-state index is -0.0605. The number of aryl methyl sites for hydroxylation is 1. The van der Waals surface area contributed by atoms with E-state index in [9.17, 15) is 5.11 Å². The van der Waals surface area contributed by atoms with Crippen LogP contribution in [0.2, 0.25) is 0 Å². The molecule has 0 radical (unpaired) electrons. The molecule has 0 aliphatic carbocycles. The van der Waals surface area contributed by atoms with Gasteiger partial charge in [-0.3, -0.25) is 5.10 Å². The number of H-pyrrole nitrogens is 1. The fourth-order valence-electron chi connectivity index (χ4n) is 2.53. The summed E-state index contributed by atoms with van der Waals surface area (Å²) in [6.45, 7) is 1.98. The van der Waals surface area contributed by atoms with Gasteiger partial charge in [0.15, 0.2) is 5.50 Å². The Hall–Kier alpha value is -2.58. The molecular weight excluding hydrogens is 324 g/mol. The van der Waals surface area contributed by atoms with Crippen LogP contribution in [0.4, 0.5) is 11.5 Å². The summed E-state index contributed by atoms with van der Waals surface area (Å²) in [6.07, 6.45) is 3.47. The predicted molar refractivity (Wildman–Crippen MR) is 93.6 cm³/mol. The molecule has 0 aromatic carbocycles. The Balaban J connectivity index is 1.52. The minimum absolute atomic E-state index is 0.00235. The van der Waals surface area contributed by atoms with E-state index in [4.69, 9.17) is 4.98 Å². The van der Waals surface area contributed by atoms with Gasteiger partial charge in [0.1, 0.15) is 10.8 Å². The average Bonchev–Trinajstić information content (AvgIpc) is 3.19. The van der Waals surface area contributed by atoms with Gasteiger partial charge in [-0.2, -0.15) is 5.10 Å². The van der Waals surface area contributed by atoms with Crippen molar-refractivity contribution >= 4 is 23.3 Å². The molecular formula is C16H16N6OS. The van der Waals surface area contributed by atoms with Crippen molar-refractivity contribution in [3.63, 3.8) is 0 Å². The van der Waals surface area contributed by atoms with Crippen LogP contribution in [-0.4, -0.2) is 30.8 Å². The molecule has 7 nitrogen and oxygen atoms in total. The lowest BCUT2D eigenvalue weighted by Crippen LogP contribution is -2.21. The van der Waals surface area contributed by atoms with Gasteiger partial charge >= 0.3 is 0 Å². The SMILES string of the molecule is Cc1[nH]ncc1-c1ccc2c(n1)SC(Nc1cc(CO)ccn1)N2. The Morgan fingerprint density at radius 2 is 2.25 bits per heavy atom. The Kier molecular flexibility index (Phi) is 3.83. The highest BCUT2D eigenvalue weighted by atomic mass is 32.2. The molecule has 4 rings (SSSR count). The highest BCUT2D eigenvalue weighted by Crippen LogP contribution is 2.38. The first-order chi connectivity index (χ1) is 11.7. The molecule has 1 unspecified atom stereocenters. The zero-order chi connectivity index (χ0) is 16.5. The van der Waals surface area contributed by atoms with Gasteiger partial charge in [-0.05, 0) is 36.8 Å². The lowest BCUT2D eigenvalue weighted by molar-refractivity contribution is 0.282. The number of aliphatic hydroxyl groups is 1. The van der Waals surface area contributed by atoms with Gasteiger partial charge in [0.25, 0.3) is 0 Å². The molecule has 0 saturated heterocycles. The van der Waals surface area contributed by atoms with Crippen molar-refractivity contribution in [3.05, 3.63) is 47.9 Å². The van der Waals surface area contributed by atoms with E-state index in [1.54, 1.807) is 30.2 Å².